The average Bonchev–Trinajstić information content (AvgIpc) is 2.42. The predicted molar refractivity (Wildman–Crippen MR) is 80.8 cm³/mol. The van der Waals surface area contributed by atoms with Gasteiger partial charge in [0, 0.05) is 63.9 Å². The molecular formula is C16H20N2O2. The van der Waals surface area contributed by atoms with E-state index in [2.05, 4.69) is 0 Å². The van der Waals surface area contributed by atoms with Gasteiger partial charge in [0.15, 0.2) is 11.6 Å². The third kappa shape index (κ3) is 5.10. The molecule has 0 aliphatic rings. The molecule has 0 saturated heterocycles. The van der Waals surface area contributed by atoms with E-state index >= 15 is 0 Å². The van der Waals surface area contributed by atoms with Gasteiger partial charge in [-0.25, -0.2) is 0 Å². The summed E-state index contributed by atoms with van der Waals surface area (Å²) in [5.74, 6) is -0.164. The lowest BCUT2D eigenvalue weighted by molar-refractivity contribution is 0.103. The Bertz CT molecular complexity index is 477. The highest BCUT2D eigenvalue weighted by Crippen LogP contribution is 2.07. The van der Waals surface area contributed by atoms with Crippen LogP contribution in [-0.2, 0) is 0 Å². The largest absolute Gasteiger partial charge is 0.383 e. The Balaban J connectivity index is 2.79. The van der Waals surface area contributed by atoms with Crippen molar-refractivity contribution in [2.75, 3.05) is 28.2 Å². The van der Waals surface area contributed by atoms with Crippen LogP contribution in [0.1, 0.15) is 20.7 Å². The minimum atomic E-state index is -0.0819. The van der Waals surface area contributed by atoms with E-state index in [0.29, 0.717) is 11.1 Å². The first-order chi connectivity index (χ1) is 9.40. The molecule has 0 N–H and O–H groups in total. The molecule has 0 fully saturated rings. The molecule has 0 unspecified atom stereocenters. The summed E-state index contributed by atoms with van der Waals surface area (Å²) in [6.07, 6.45) is 6.40. The van der Waals surface area contributed by atoms with Gasteiger partial charge in [0.2, 0.25) is 0 Å². The van der Waals surface area contributed by atoms with Gasteiger partial charge in [0.1, 0.15) is 0 Å². The first-order valence-electron chi connectivity index (χ1n) is 6.28. The monoisotopic (exact) mass is 272 g/mol. The topological polar surface area (TPSA) is 40.6 Å². The molecule has 1 aromatic rings. The highest BCUT2D eigenvalue weighted by Gasteiger charge is 2.05. The minimum Gasteiger partial charge on any atom is -0.383 e. The summed E-state index contributed by atoms with van der Waals surface area (Å²) >= 11 is 0. The number of nitrogens with zero attached hydrogens (tertiary/aromatic N) is 2. The number of carbonyl (C=O) groups is 2. The van der Waals surface area contributed by atoms with Crippen molar-refractivity contribution in [1.29, 1.82) is 0 Å². The van der Waals surface area contributed by atoms with Crippen molar-refractivity contribution < 1.29 is 9.59 Å². The van der Waals surface area contributed by atoms with Crippen LogP contribution in [0, 0.1) is 0 Å². The van der Waals surface area contributed by atoms with Gasteiger partial charge in [-0.1, -0.05) is 24.3 Å². The Morgan fingerprint density at radius 3 is 1.30 bits per heavy atom. The second kappa shape index (κ2) is 7.28. The molecule has 1 rings (SSSR count). The van der Waals surface area contributed by atoms with Gasteiger partial charge in [-0.3, -0.25) is 9.59 Å². The minimum absolute atomic E-state index is 0.0819. The predicted octanol–water partition coefficient (Wildman–Crippen LogP) is 2.20. The van der Waals surface area contributed by atoms with E-state index in [1.807, 2.05) is 28.2 Å². The summed E-state index contributed by atoms with van der Waals surface area (Å²) in [6, 6.07) is 6.66. The fourth-order valence-electron chi connectivity index (χ4n) is 1.42. The van der Waals surface area contributed by atoms with Crippen molar-refractivity contribution >= 4 is 11.6 Å². The van der Waals surface area contributed by atoms with Crippen molar-refractivity contribution in [3.8, 4) is 0 Å². The average molecular weight is 272 g/mol. The molecule has 4 heteroatoms. The summed E-state index contributed by atoms with van der Waals surface area (Å²) in [5.41, 5.74) is 1.13. The lowest BCUT2D eigenvalue weighted by Crippen LogP contribution is -2.04. The Kier molecular flexibility index (Phi) is 5.72. The summed E-state index contributed by atoms with van der Waals surface area (Å²) in [4.78, 5) is 27.2. The second-order valence-corrected chi connectivity index (χ2v) is 4.86. The molecule has 0 aromatic heterocycles. The van der Waals surface area contributed by atoms with Crippen molar-refractivity contribution in [3.63, 3.8) is 0 Å². The molecule has 0 bridgehead atoms. The third-order valence-corrected chi connectivity index (χ3v) is 2.50. The van der Waals surface area contributed by atoms with Crippen molar-refractivity contribution in [2.24, 2.45) is 0 Å². The maximum atomic E-state index is 11.8. The zero-order chi connectivity index (χ0) is 15.1. The van der Waals surface area contributed by atoms with Crippen LogP contribution in [0.25, 0.3) is 0 Å². The molecule has 4 nitrogen and oxygen atoms in total. The molecule has 0 saturated carbocycles. The summed E-state index contributed by atoms with van der Waals surface area (Å²) < 4.78 is 0. The van der Waals surface area contributed by atoms with Gasteiger partial charge in [0.25, 0.3) is 0 Å². The fraction of sp³-hybridized carbons (Fsp3) is 0.250. The fourth-order valence-corrected chi connectivity index (χ4v) is 1.42. The first kappa shape index (κ1) is 15.7. The summed E-state index contributed by atoms with van der Waals surface area (Å²) in [7, 11) is 7.40. The Labute approximate surface area is 120 Å². The number of ketones is 2. The highest BCUT2D eigenvalue weighted by atomic mass is 16.1. The summed E-state index contributed by atoms with van der Waals surface area (Å²) in [5, 5.41) is 0. The van der Waals surface area contributed by atoms with E-state index in [4.69, 9.17) is 0 Å². The zero-order valence-electron chi connectivity index (χ0n) is 12.3. The van der Waals surface area contributed by atoms with Crippen LogP contribution in [0.5, 0.6) is 0 Å². The molecule has 106 valence electrons. The van der Waals surface area contributed by atoms with E-state index in [0.717, 1.165) is 0 Å². The lowest BCUT2D eigenvalue weighted by Gasteiger charge is -2.04. The Hall–Kier alpha value is -2.36. The van der Waals surface area contributed by atoms with Gasteiger partial charge in [0.05, 0.1) is 0 Å². The molecule has 0 amide bonds. The Morgan fingerprint density at radius 1 is 0.750 bits per heavy atom. The van der Waals surface area contributed by atoms with Gasteiger partial charge in [-0.15, -0.1) is 0 Å². The molecule has 0 aliphatic carbocycles. The molecule has 1 aromatic carbocycles. The number of hydrogen-bond donors (Lipinski definition) is 0. The normalized spacial score (nSPS) is 11.0. The Morgan fingerprint density at radius 2 is 1.05 bits per heavy atom. The van der Waals surface area contributed by atoms with Crippen LogP contribution in [0.15, 0.2) is 48.8 Å². The van der Waals surface area contributed by atoms with Crippen LogP contribution in [0.2, 0.25) is 0 Å². The highest BCUT2D eigenvalue weighted by molar-refractivity contribution is 6.07. The van der Waals surface area contributed by atoms with Gasteiger partial charge in [-0.05, 0) is 0 Å². The van der Waals surface area contributed by atoms with Crippen LogP contribution < -0.4 is 0 Å². The maximum absolute atomic E-state index is 11.8. The standard InChI is InChI=1S/C16H20N2O2/c1-17(2)11-9-15(19)13-5-7-14(8-6-13)16(20)10-12-18(3)4/h5-12H,1-4H3/b11-9+,12-10+. The van der Waals surface area contributed by atoms with Crippen LogP contribution >= 0.6 is 0 Å². The lowest BCUT2D eigenvalue weighted by atomic mass is 10.1. The molecule has 0 heterocycles. The maximum Gasteiger partial charge on any atom is 0.187 e. The zero-order valence-corrected chi connectivity index (χ0v) is 12.3. The van der Waals surface area contributed by atoms with E-state index in [1.165, 1.54) is 12.2 Å². The number of hydrogen-bond acceptors (Lipinski definition) is 4. The SMILES string of the molecule is CN(C)/C=C/C(=O)c1ccc(C(=O)/C=C/N(C)C)cc1. The van der Waals surface area contributed by atoms with Crippen LogP contribution in [0.3, 0.4) is 0 Å². The van der Waals surface area contributed by atoms with E-state index < -0.39 is 0 Å². The number of benzene rings is 1. The van der Waals surface area contributed by atoms with Gasteiger partial charge < -0.3 is 9.80 Å². The molecule has 0 spiro atoms. The van der Waals surface area contributed by atoms with Gasteiger partial charge in [-0.2, -0.15) is 0 Å². The van der Waals surface area contributed by atoms with E-state index in [1.54, 1.807) is 46.5 Å². The van der Waals surface area contributed by atoms with Crippen molar-refractivity contribution in [3.05, 3.63) is 59.9 Å². The smallest absolute Gasteiger partial charge is 0.187 e. The van der Waals surface area contributed by atoms with Crippen molar-refractivity contribution in [1.82, 2.24) is 9.80 Å². The van der Waals surface area contributed by atoms with Gasteiger partial charge >= 0.3 is 0 Å². The molecule has 0 atom stereocenters. The number of carbonyl (C=O) groups excluding carboxylic acids is 2. The quantitative estimate of drug-likeness (QED) is 0.588. The van der Waals surface area contributed by atoms with E-state index in [9.17, 15) is 9.59 Å². The third-order valence-electron chi connectivity index (χ3n) is 2.50. The molecule has 0 aliphatic heterocycles. The van der Waals surface area contributed by atoms with Crippen LogP contribution in [-0.4, -0.2) is 49.6 Å². The van der Waals surface area contributed by atoms with E-state index in [-0.39, 0.29) is 11.6 Å². The first-order valence-corrected chi connectivity index (χ1v) is 6.28. The second-order valence-electron chi connectivity index (χ2n) is 4.86. The number of rotatable bonds is 6. The van der Waals surface area contributed by atoms with Crippen LogP contribution in [0.4, 0.5) is 0 Å². The molecule has 20 heavy (non-hydrogen) atoms. The molecular weight excluding hydrogens is 252 g/mol. The summed E-state index contributed by atoms with van der Waals surface area (Å²) in [6.45, 7) is 0. The molecule has 0 radical (unpaired) electrons. The van der Waals surface area contributed by atoms with Crippen molar-refractivity contribution in [2.45, 2.75) is 0 Å². The number of allylic oxidation sites excluding steroid dienone is 2.